The average molecular weight is 207 g/mol. The van der Waals surface area contributed by atoms with Gasteiger partial charge >= 0.3 is 0 Å². The molecule has 1 aliphatic rings. The second-order valence-electron chi connectivity index (χ2n) is 4.72. The molecule has 0 saturated heterocycles. The molecule has 0 aliphatic heterocycles. The van der Waals surface area contributed by atoms with Crippen LogP contribution in [-0.4, -0.2) is 6.04 Å². The van der Waals surface area contributed by atoms with Crippen LogP contribution in [0.4, 0.5) is 4.39 Å². The molecule has 82 valence electrons. The fourth-order valence-corrected chi connectivity index (χ4v) is 2.26. The first kappa shape index (κ1) is 10.6. The topological polar surface area (TPSA) is 12.0 Å². The third kappa shape index (κ3) is 2.57. The van der Waals surface area contributed by atoms with Crippen LogP contribution in [0.5, 0.6) is 0 Å². The molecule has 1 N–H and O–H groups in total. The Hall–Kier alpha value is -0.890. The summed E-state index contributed by atoms with van der Waals surface area (Å²) in [5.41, 5.74) is 1.04. The van der Waals surface area contributed by atoms with Crippen molar-refractivity contribution in [2.45, 2.75) is 38.8 Å². The molecule has 0 aromatic heterocycles. The van der Waals surface area contributed by atoms with Gasteiger partial charge in [0.25, 0.3) is 0 Å². The third-order valence-corrected chi connectivity index (χ3v) is 3.21. The van der Waals surface area contributed by atoms with Gasteiger partial charge in [0.1, 0.15) is 5.82 Å². The number of nitrogens with one attached hydrogen (secondary N) is 1. The fourth-order valence-electron chi connectivity index (χ4n) is 2.26. The molecule has 15 heavy (non-hydrogen) atoms. The number of hydrogen-bond donors (Lipinski definition) is 1. The average Bonchev–Trinajstić information content (AvgIpc) is 2.15. The van der Waals surface area contributed by atoms with Crippen LogP contribution in [0, 0.1) is 11.7 Å². The molecule has 2 heteroatoms. The molecule has 0 amide bonds. The van der Waals surface area contributed by atoms with E-state index in [-0.39, 0.29) is 11.9 Å². The summed E-state index contributed by atoms with van der Waals surface area (Å²) in [7, 11) is 0. The maximum atomic E-state index is 13.0. The van der Waals surface area contributed by atoms with Crippen LogP contribution in [0.15, 0.2) is 24.3 Å². The van der Waals surface area contributed by atoms with Crippen molar-refractivity contribution in [3.63, 3.8) is 0 Å². The van der Waals surface area contributed by atoms with Crippen molar-refractivity contribution >= 4 is 0 Å². The maximum Gasteiger partial charge on any atom is 0.123 e. The van der Waals surface area contributed by atoms with E-state index >= 15 is 0 Å². The number of rotatable bonds is 3. The zero-order valence-electron chi connectivity index (χ0n) is 9.33. The van der Waals surface area contributed by atoms with Crippen molar-refractivity contribution in [1.29, 1.82) is 0 Å². The molecule has 1 saturated carbocycles. The quantitative estimate of drug-likeness (QED) is 0.802. The SMILES string of the molecule is CC1CC(N[C@H](C)c2cccc(F)c2)C1. The summed E-state index contributed by atoms with van der Waals surface area (Å²) < 4.78 is 13.0. The van der Waals surface area contributed by atoms with E-state index in [1.165, 1.54) is 18.9 Å². The Kier molecular flexibility index (Phi) is 3.06. The van der Waals surface area contributed by atoms with Crippen LogP contribution in [0.1, 0.15) is 38.3 Å². The fraction of sp³-hybridized carbons (Fsp3) is 0.538. The van der Waals surface area contributed by atoms with Crippen LogP contribution in [0.3, 0.4) is 0 Å². The summed E-state index contributed by atoms with van der Waals surface area (Å²) >= 11 is 0. The van der Waals surface area contributed by atoms with Crippen molar-refractivity contribution < 1.29 is 4.39 Å². The minimum absolute atomic E-state index is 0.150. The van der Waals surface area contributed by atoms with Gasteiger partial charge in [-0.25, -0.2) is 4.39 Å². The lowest BCUT2D eigenvalue weighted by molar-refractivity contribution is 0.226. The Labute approximate surface area is 90.7 Å². The van der Waals surface area contributed by atoms with Crippen LogP contribution >= 0.6 is 0 Å². The van der Waals surface area contributed by atoms with Crippen molar-refractivity contribution in [3.05, 3.63) is 35.6 Å². The highest BCUT2D eigenvalue weighted by Crippen LogP contribution is 2.28. The third-order valence-electron chi connectivity index (χ3n) is 3.21. The standard InChI is InChI=1S/C13H18FN/c1-9-6-13(7-9)15-10(2)11-4-3-5-12(14)8-11/h3-5,8-10,13,15H,6-7H2,1-2H3/t9?,10-,13?/m1/s1. The van der Waals surface area contributed by atoms with E-state index < -0.39 is 0 Å². The Morgan fingerprint density at radius 2 is 2.13 bits per heavy atom. The minimum Gasteiger partial charge on any atom is -0.307 e. The van der Waals surface area contributed by atoms with Crippen LogP contribution in [-0.2, 0) is 0 Å². The molecular formula is C13H18FN. The summed E-state index contributed by atoms with van der Waals surface area (Å²) in [6.45, 7) is 4.36. The van der Waals surface area contributed by atoms with E-state index in [1.807, 2.05) is 6.07 Å². The smallest absolute Gasteiger partial charge is 0.123 e. The van der Waals surface area contributed by atoms with E-state index in [0.29, 0.717) is 6.04 Å². The van der Waals surface area contributed by atoms with Crippen molar-refractivity contribution in [1.82, 2.24) is 5.32 Å². The van der Waals surface area contributed by atoms with Gasteiger partial charge in [-0.3, -0.25) is 0 Å². The van der Waals surface area contributed by atoms with Crippen LogP contribution in [0.25, 0.3) is 0 Å². The highest BCUT2D eigenvalue weighted by molar-refractivity contribution is 5.19. The van der Waals surface area contributed by atoms with Gasteiger partial charge in [-0.1, -0.05) is 19.1 Å². The van der Waals surface area contributed by atoms with Gasteiger partial charge in [0.05, 0.1) is 0 Å². The van der Waals surface area contributed by atoms with E-state index in [4.69, 9.17) is 0 Å². The highest BCUT2D eigenvalue weighted by Gasteiger charge is 2.26. The molecule has 0 unspecified atom stereocenters. The molecule has 2 rings (SSSR count). The first-order valence-corrected chi connectivity index (χ1v) is 5.66. The van der Waals surface area contributed by atoms with E-state index in [0.717, 1.165) is 11.5 Å². The van der Waals surface area contributed by atoms with Gasteiger partial charge in [0, 0.05) is 12.1 Å². The van der Waals surface area contributed by atoms with Crippen LogP contribution < -0.4 is 5.32 Å². The molecule has 0 radical (unpaired) electrons. The van der Waals surface area contributed by atoms with Gasteiger partial charge in [0.2, 0.25) is 0 Å². The Morgan fingerprint density at radius 3 is 2.73 bits per heavy atom. The highest BCUT2D eigenvalue weighted by atomic mass is 19.1. The summed E-state index contributed by atoms with van der Waals surface area (Å²) in [4.78, 5) is 0. The van der Waals surface area contributed by atoms with Crippen LogP contribution in [0.2, 0.25) is 0 Å². The van der Waals surface area contributed by atoms with Gasteiger partial charge in [-0.2, -0.15) is 0 Å². The lowest BCUT2D eigenvalue weighted by Gasteiger charge is -2.35. The predicted octanol–water partition coefficient (Wildman–Crippen LogP) is 3.27. The van der Waals surface area contributed by atoms with Gasteiger partial charge < -0.3 is 5.32 Å². The predicted molar refractivity (Wildman–Crippen MR) is 60.1 cm³/mol. The van der Waals surface area contributed by atoms with E-state index in [1.54, 1.807) is 12.1 Å². The second-order valence-corrected chi connectivity index (χ2v) is 4.72. The Balaban J connectivity index is 1.93. The van der Waals surface area contributed by atoms with Gasteiger partial charge in [0.15, 0.2) is 0 Å². The zero-order valence-corrected chi connectivity index (χ0v) is 9.33. The molecule has 0 spiro atoms. The summed E-state index contributed by atoms with van der Waals surface area (Å²) in [6, 6.07) is 7.72. The molecule has 1 aromatic rings. The molecule has 1 atom stereocenters. The van der Waals surface area contributed by atoms with E-state index in [9.17, 15) is 4.39 Å². The van der Waals surface area contributed by atoms with Gasteiger partial charge in [-0.05, 0) is 43.4 Å². The van der Waals surface area contributed by atoms with Crippen molar-refractivity contribution in [3.8, 4) is 0 Å². The molecular weight excluding hydrogens is 189 g/mol. The monoisotopic (exact) mass is 207 g/mol. The van der Waals surface area contributed by atoms with Gasteiger partial charge in [-0.15, -0.1) is 0 Å². The van der Waals surface area contributed by atoms with Crippen molar-refractivity contribution in [2.24, 2.45) is 5.92 Å². The Bertz CT molecular complexity index is 331. The van der Waals surface area contributed by atoms with E-state index in [2.05, 4.69) is 19.2 Å². The molecule has 0 heterocycles. The first-order chi connectivity index (χ1) is 7.15. The number of halogens is 1. The first-order valence-electron chi connectivity index (χ1n) is 5.66. The summed E-state index contributed by atoms with van der Waals surface area (Å²) in [5.74, 6) is 0.699. The lowest BCUT2D eigenvalue weighted by Crippen LogP contribution is -2.41. The molecule has 1 aliphatic carbocycles. The lowest BCUT2D eigenvalue weighted by atomic mass is 9.81. The number of hydrogen-bond acceptors (Lipinski definition) is 1. The summed E-state index contributed by atoms with van der Waals surface area (Å²) in [6.07, 6.45) is 2.50. The largest absolute Gasteiger partial charge is 0.307 e. The normalized spacial score (nSPS) is 27.1. The molecule has 1 fully saturated rings. The zero-order chi connectivity index (χ0) is 10.8. The molecule has 1 nitrogen and oxygen atoms in total. The molecule has 1 aromatic carbocycles. The summed E-state index contributed by atoms with van der Waals surface area (Å²) in [5, 5.41) is 3.52. The Morgan fingerprint density at radius 1 is 1.40 bits per heavy atom. The maximum absolute atomic E-state index is 13.0. The van der Waals surface area contributed by atoms with Crippen molar-refractivity contribution in [2.75, 3.05) is 0 Å². The molecule has 0 bridgehead atoms. The minimum atomic E-state index is -0.150. The number of benzene rings is 1. The second kappa shape index (κ2) is 4.31.